The van der Waals surface area contributed by atoms with Crippen molar-refractivity contribution in [2.75, 3.05) is 0 Å². The first kappa shape index (κ1) is 8.52. The van der Waals surface area contributed by atoms with Gasteiger partial charge in [-0.3, -0.25) is 0 Å². The third kappa shape index (κ3) is 1.80. The van der Waals surface area contributed by atoms with E-state index < -0.39 is 5.79 Å². The van der Waals surface area contributed by atoms with Crippen molar-refractivity contribution in [3.63, 3.8) is 0 Å². The number of ether oxygens (including phenoxy) is 1. The maximum absolute atomic E-state index is 9.98. The highest BCUT2D eigenvalue weighted by Gasteiger charge is 2.35. The molecule has 0 aromatic heterocycles. The molecule has 70 valence electrons. The van der Waals surface area contributed by atoms with E-state index in [1.165, 1.54) is 12.8 Å². The van der Waals surface area contributed by atoms with Gasteiger partial charge in [0.2, 0.25) is 0 Å². The Morgan fingerprint density at radius 3 is 2.67 bits per heavy atom. The van der Waals surface area contributed by atoms with E-state index in [9.17, 15) is 5.11 Å². The molecule has 2 aliphatic heterocycles. The molecule has 2 rings (SSSR count). The van der Waals surface area contributed by atoms with E-state index in [0.717, 1.165) is 38.5 Å². The third-order valence-corrected chi connectivity index (χ3v) is 3.07. The predicted molar refractivity (Wildman–Crippen MR) is 46.8 cm³/mol. The van der Waals surface area contributed by atoms with E-state index in [0.29, 0.717) is 6.10 Å². The molecule has 12 heavy (non-hydrogen) atoms. The molecule has 2 nitrogen and oxygen atoms in total. The van der Waals surface area contributed by atoms with Crippen LogP contribution in [0.2, 0.25) is 0 Å². The Labute approximate surface area is 73.9 Å². The molecule has 0 aliphatic carbocycles. The maximum atomic E-state index is 9.98. The van der Waals surface area contributed by atoms with E-state index in [2.05, 4.69) is 0 Å². The van der Waals surface area contributed by atoms with Crippen molar-refractivity contribution in [1.29, 1.82) is 0 Å². The molecular weight excluding hydrogens is 152 g/mol. The van der Waals surface area contributed by atoms with Gasteiger partial charge in [0.05, 0.1) is 6.10 Å². The average Bonchev–Trinajstić information content (AvgIpc) is 2.02. The molecule has 2 fully saturated rings. The first-order valence-electron chi connectivity index (χ1n) is 5.19. The van der Waals surface area contributed by atoms with E-state index in [4.69, 9.17) is 4.74 Å². The monoisotopic (exact) mass is 170 g/mol. The van der Waals surface area contributed by atoms with Gasteiger partial charge in [-0.2, -0.15) is 0 Å². The van der Waals surface area contributed by atoms with Crippen molar-refractivity contribution in [1.82, 2.24) is 0 Å². The molecule has 2 saturated heterocycles. The minimum atomic E-state index is -0.747. The molecule has 0 amide bonds. The summed E-state index contributed by atoms with van der Waals surface area (Å²) in [6, 6.07) is 0. The maximum Gasteiger partial charge on any atom is 0.165 e. The van der Waals surface area contributed by atoms with Gasteiger partial charge < -0.3 is 9.84 Å². The Morgan fingerprint density at radius 2 is 1.75 bits per heavy atom. The first-order valence-corrected chi connectivity index (χ1v) is 5.19. The first-order chi connectivity index (χ1) is 5.79. The summed E-state index contributed by atoms with van der Waals surface area (Å²) in [6.45, 7) is 0. The molecule has 0 aromatic rings. The summed E-state index contributed by atoms with van der Waals surface area (Å²) in [5.74, 6) is -0.747. The van der Waals surface area contributed by atoms with Crippen LogP contribution in [0.4, 0.5) is 0 Å². The third-order valence-electron chi connectivity index (χ3n) is 3.07. The highest BCUT2D eigenvalue weighted by molar-refractivity contribution is 4.78. The van der Waals surface area contributed by atoms with Crippen LogP contribution >= 0.6 is 0 Å². The zero-order valence-corrected chi connectivity index (χ0v) is 7.59. The molecular formula is C10H18O2. The Bertz CT molecular complexity index is 158. The molecule has 2 heteroatoms. The molecule has 1 N–H and O–H groups in total. The lowest BCUT2D eigenvalue weighted by atomic mass is 9.91. The smallest absolute Gasteiger partial charge is 0.165 e. The molecule has 2 bridgehead atoms. The zero-order chi connectivity index (χ0) is 8.44. The van der Waals surface area contributed by atoms with Crippen molar-refractivity contribution >= 4 is 0 Å². The number of rotatable bonds is 0. The highest BCUT2D eigenvalue weighted by atomic mass is 16.6. The fraction of sp³-hybridized carbons (Fsp3) is 1.00. The summed E-state index contributed by atoms with van der Waals surface area (Å²) < 4.78 is 5.67. The van der Waals surface area contributed by atoms with Crippen LogP contribution in [0.3, 0.4) is 0 Å². The van der Waals surface area contributed by atoms with Gasteiger partial charge in [-0.25, -0.2) is 0 Å². The molecule has 2 unspecified atom stereocenters. The van der Waals surface area contributed by atoms with Gasteiger partial charge in [0.15, 0.2) is 5.79 Å². The Balaban J connectivity index is 2.01. The molecule has 2 atom stereocenters. The van der Waals surface area contributed by atoms with Crippen LogP contribution in [0.1, 0.15) is 51.4 Å². The SMILES string of the molecule is OC12CCCCCC(CCC1)O2. The van der Waals surface area contributed by atoms with Crippen LogP contribution in [0.25, 0.3) is 0 Å². The normalized spacial score (nSPS) is 43.2. The highest BCUT2D eigenvalue weighted by Crippen LogP contribution is 2.34. The van der Waals surface area contributed by atoms with Crippen LogP contribution < -0.4 is 0 Å². The van der Waals surface area contributed by atoms with Crippen LogP contribution in [0.5, 0.6) is 0 Å². The Hall–Kier alpha value is -0.0800. The van der Waals surface area contributed by atoms with E-state index in [1.807, 2.05) is 0 Å². The Kier molecular flexibility index (Phi) is 2.37. The minimum absolute atomic E-state index is 0.351. The number of aliphatic hydroxyl groups is 1. The van der Waals surface area contributed by atoms with Gasteiger partial charge in [0.1, 0.15) is 0 Å². The lowest BCUT2D eigenvalue weighted by molar-refractivity contribution is -0.261. The summed E-state index contributed by atoms with van der Waals surface area (Å²) in [5, 5.41) is 9.98. The Morgan fingerprint density at radius 1 is 1.00 bits per heavy atom. The van der Waals surface area contributed by atoms with Crippen LogP contribution in [0, 0.1) is 0 Å². The molecule has 0 radical (unpaired) electrons. The average molecular weight is 170 g/mol. The van der Waals surface area contributed by atoms with Crippen molar-refractivity contribution in [3.8, 4) is 0 Å². The standard InChI is InChI=1S/C10H18O2/c11-10-7-3-1-2-5-9(12-10)6-4-8-10/h9,11H,1-8H2. The fourth-order valence-electron chi connectivity index (χ4n) is 2.37. The summed E-state index contributed by atoms with van der Waals surface area (Å²) >= 11 is 0. The predicted octanol–water partition coefficient (Wildman–Crippen LogP) is 2.21. The van der Waals surface area contributed by atoms with Crippen molar-refractivity contribution in [2.24, 2.45) is 0 Å². The number of hydrogen-bond acceptors (Lipinski definition) is 2. The molecule has 2 heterocycles. The second-order valence-corrected chi connectivity index (χ2v) is 4.18. The van der Waals surface area contributed by atoms with Crippen LogP contribution in [-0.4, -0.2) is 17.0 Å². The van der Waals surface area contributed by atoms with Gasteiger partial charge in [-0.05, 0) is 25.7 Å². The van der Waals surface area contributed by atoms with Crippen LogP contribution in [0.15, 0.2) is 0 Å². The fourth-order valence-corrected chi connectivity index (χ4v) is 2.37. The number of hydrogen-bond donors (Lipinski definition) is 1. The van der Waals surface area contributed by atoms with Crippen molar-refractivity contribution in [2.45, 2.75) is 63.3 Å². The molecule has 0 spiro atoms. The molecule has 0 aromatic carbocycles. The second-order valence-electron chi connectivity index (χ2n) is 4.18. The van der Waals surface area contributed by atoms with E-state index >= 15 is 0 Å². The molecule has 0 saturated carbocycles. The summed E-state index contributed by atoms with van der Waals surface area (Å²) in [6.07, 6.45) is 9.18. The lowest BCUT2D eigenvalue weighted by Gasteiger charge is -2.39. The topological polar surface area (TPSA) is 29.5 Å². The van der Waals surface area contributed by atoms with Gasteiger partial charge in [0.25, 0.3) is 0 Å². The quantitative estimate of drug-likeness (QED) is 0.604. The second kappa shape index (κ2) is 3.35. The minimum Gasteiger partial charge on any atom is -0.365 e. The van der Waals surface area contributed by atoms with E-state index in [1.54, 1.807) is 0 Å². The molecule has 2 aliphatic rings. The zero-order valence-electron chi connectivity index (χ0n) is 7.59. The van der Waals surface area contributed by atoms with E-state index in [-0.39, 0.29) is 0 Å². The largest absolute Gasteiger partial charge is 0.365 e. The summed E-state index contributed by atoms with van der Waals surface area (Å²) in [4.78, 5) is 0. The number of fused-ring (bicyclic) bond motifs is 2. The van der Waals surface area contributed by atoms with Crippen molar-refractivity contribution in [3.05, 3.63) is 0 Å². The van der Waals surface area contributed by atoms with Gasteiger partial charge in [0, 0.05) is 12.8 Å². The van der Waals surface area contributed by atoms with Crippen molar-refractivity contribution < 1.29 is 9.84 Å². The lowest BCUT2D eigenvalue weighted by Crippen LogP contribution is -2.41. The summed E-state index contributed by atoms with van der Waals surface area (Å²) in [7, 11) is 0. The van der Waals surface area contributed by atoms with Gasteiger partial charge in [-0.1, -0.05) is 12.8 Å². The van der Waals surface area contributed by atoms with Crippen LogP contribution in [-0.2, 0) is 4.74 Å². The summed E-state index contributed by atoms with van der Waals surface area (Å²) in [5.41, 5.74) is 0. The van der Waals surface area contributed by atoms with Gasteiger partial charge >= 0.3 is 0 Å². The van der Waals surface area contributed by atoms with Gasteiger partial charge in [-0.15, -0.1) is 0 Å².